The fourth-order valence-electron chi connectivity index (χ4n) is 1.24. The van der Waals surface area contributed by atoms with Gasteiger partial charge >= 0.3 is 0 Å². The fraction of sp³-hybridized carbons (Fsp3) is 0.625. The molecule has 1 aliphatic rings. The molecule has 1 unspecified atom stereocenters. The normalized spacial score (nSPS) is 26.0. The molecular formula is C8H14N2O2. The Morgan fingerprint density at radius 1 is 1.83 bits per heavy atom. The smallest absolute Gasteiger partial charge is 0.239 e. The molecule has 1 saturated heterocycles. The van der Waals surface area contributed by atoms with Gasteiger partial charge in [0.2, 0.25) is 5.91 Å². The largest absolute Gasteiger partial charge is 0.336 e. The lowest BCUT2D eigenvalue weighted by Crippen LogP contribution is -2.53. The first kappa shape index (κ1) is 9.22. The van der Waals surface area contributed by atoms with E-state index in [9.17, 15) is 10.0 Å². The first-order chi connectivity index (χ1) is 5.65. The Balaban J connectivity index is 2.55. The second-order valence-corrected chi connectivity index (χ2v) is 3.03. The number of nitrogens with zero attached hydrogens (tertiary/aromatic N) is 2. The van der Waals surface area contributed by atoms with Gasteiger partial charge in [-0.15, -0.1) is 6.58 Å². The fourth-order valence-corrected chi connectivity index (χ4v) is 1.24. The Kier molecular flexibility index (Phi) is 2.83. The molecule has 0 spiro atoms. The second-order valence-electron chi connectivity index (χ2n) is 3.03. The van der Waals surface area contributed by atoms with Crippen LogP contribution in [0.25, 0.3) is 0 Å². The summed E-state index contributed by atoms with van der Waals surface area (Å²) in [6.07, 6.45) is 1.69. The molecule has 0 aliphatic carbocycles. The van der Waals surface area contributed by atoms with Crippen LogP contribution in [0.15, 0.2) is 12.7 Å². The molecule has 1 rings (SSSR count). The highest BCUT2D eigenvalue weighted by atomic mass is 16.5. The number of hydroxylamine groups is 2. The molecule has 1 aliphatic heterocycles. The van der Waals surface area contributed by atoms with Crippen molar-refractivity contribution >= 4 is 5.91 Å². The highest BCUT2D eigenvalue weighted by Gasteiger charge is 2.27. The number of carbonyl (C=O) groups is 1. The van der Waals surface area contributed by atoms with E-state index in [1.807, 2.05) is 6.92 Å². The van der Waals surface area contributed by atoms with Gasteiger partial charge < -0.3 is 10.1 Å². The molecule has 4 heteroatoms. The van der Waals surface area contributed by atoms with E-state index < -0.39 is 0 Å². The standard InChI is InChI=1S/C8H14N2O2/c1-3-4-9-5-7(2)10(12)6-8(9)11/h3,7,12H,1,4-6H2,2H3. The lowest BCUT2D eigenvalue weighted by molar-refractivity contribution is -0.172. The predicted molar refractivity (Wildman–Crippen MR) is 44.7 cm³/mol. The maximum Gasteiger partial charge on any atom is 0.239 e. The zero-order valence-corrected chi connectivity index (χ0v) is 7.23. The molecule has 1 atom stereocenters. The van der Waals surface area contributed by atoms with Crippen LogP contribution in [0.4, 0.5) is 0 Å². The highest BCUT2D eigenvalue weighted by molar-refractivity contribution is 5.79. The number of hydrogen-bond donors (Lipinski definition) is 1. The molecule has 0 radical (unpaired) electrons. The predicted octanol–water partition coefficient (Wildman–Crippen LogP) is 0.0943. The third-order valence-corrected chi connectivity index (χ3v) is 1.99. The van der Waals surface area contributed by atoms with Gasteiger partial charge in [-0.25, -0.2) is 0 Å². The highest BCUT2D eigenvalue weighted by Crippen LogP contribution is 2.07. The average Bonchev–Trinajstić information content (AvgIpc) is 2.01. The minimum Gasteiger partial charge on any atom is -0.336 e. The third kappa shape index (κ3) is 1.84. The molecular weight excluding hydrogens is 156 g/mol. The Labute approximate surface area is 72.0 Å². The van der Waals surface area contributed by atoms with Crippen molar-refractivity contribution in [2.75, 3.05) is 19.6 Å². The van der Waals surface area contributed by atoms with Gasteiger partial charge in [0.15, 0.2) is 0 Å². The maximum atomic E-state index is 11.2. The SMILES string of the molecule is C=CCN1CC(C)N(O)CC1=O. The lowest BCUT2D eigenvalue weighted by Gasteiger charge is -2.35. The topological polar surface area (TPSA) is 43.8 Å². The van der Waals surface area contributed by atoms with Crippen LogP contribution in [0.5, 0.6) is 0 Å². The van der Waals surface area contributed by atoms with Gasteiger partial charge in [-0.05, 0) is 6.92 Å². The number of hydrogen-bond acceptors (Lipinski definition) is 3. The quantitative estimate of drug-likeness (QED) is 0.597. The van der Waals surface area contributed by atoms with Crippen LogP contribution in [-0.4, -0.2) is 46.8 Å². The van der Waals surface area contributed by atoms with Crippen molar-refractivity contribution in [3.8, 4) is 0 Å². The van der Waals surface area contributed by atoms with E-state index in [0.717, 1.165) is 5.06 Å². The van der Waals surface area contributed by atoms with E-state index >= 15 is 0 Å². The van der Waals surface area contributed by atoms with Crippen LogP contribution in [0.1, 0.15) is 6.92 Å². The van der Waals surface area contributed by atoms with Gasteiger partial charge in [-0.1, -0.05) is 6.08 Å². The molecule has 12 heavy (non-hydrogen) atoms. The summed E-state index contributed by atoms with van der Waals surface area (Å²) in [7, 11) is 0. The van der Waals surface area contributed by atoms with Crippen LogP contribution in [-0.2, 0) is 4.79 Å². The van der Waals surface area contributed by atoms with E-state index in [1.54, 1.807) is 11.0 Å². The first-order valence-corrected chi connectivity index (χ1v) is 3.99. The summed E-state index contributed by atoms with van der Waals surface area (Å²) in [5, 5.41) is 10.3. The van der Waals surface area contributed by atoms with E-state index in [1.165, 1.54) is 0 Å². The van der Waals surface area contributed by atoms with E-state index in [2.05, 4.69) is 6.58 Å². The number of amides is 1. The van der Waals surface area contributed by atoms with Gasteiger partial charge in [0, 0.05) is 13.1 Å². The summed E-state index contributed by atoms with van der Waals surface area (Å²) in [6.45, 7) is 6.67. The number of piperazine rings is 1. The van der Waals surface area contributed by atoms with Gasteiger partial charge in [-0.2, -0.15) is 5.06 Å². The summed E-state index contributed by atoms with van der Waals surface area (Å²) in [6, 6.07) is 0.0163. The zero-order valence-electron chi connectivity index (χ0n) is 7.23. The zero-order chi connectivity index (χ0) is 9.14. The minimum atomic E-state index is -0.0458. The molecule has 1 N–H and O–H groups in total. The van der Waals surface area contributed by atoms with Crippen molar-refractivity contribution in [1.82, 2.24) is 9.96 Å². The maximum absolute atomic E-state index is 11.2. The molecule has 1 heterocycles. The Morgan fingerprint density at radius 3 is 3.08 bits per heavy atom. The number of rotatable bonds is 2. The molecule has 0 saturated carbocycles. The summed E-state index contributed by atoms with van der Waals surface area (Å²) >= 11 is 0. The van der Waals surface area contributed by atoms with Crippen molar-refractivity contribution in [2.45, 2.75) is 13.0 Å². The number of carbonyl (C=O) groups excluding carboxylic acids is 1. The monoisotopic (exact) mass is 170 g/mol. The van der Waals surface area contributed by atoms with Crippen LogP contribution in [0.2, 0.25) is 0 Å². The lowest BCUT2D eigenvalue weighted by atomic mass is 10.2. The van der Waals surface area contributed by atoms with E-state index in [-0.39, 0.29) is 18.5 Å². The molecule has 0 bridgehead atoms. The van der Waals surface area contributed by atoms with Gasteiger partial charge in [0.1, 0.15) is 6.54 Å². The van der Waals surface area contributed by atoms with Crippen LogP contribution in [0, 0.1) is 0 Å². The van der Waals surface area contributed by atoms with Gasteiger partial charge in [0.25, 0.3) is 0 Å². The van der Waals surface area contributed by atoms with Crippen molar-refractivity contribution in [3.05, 3.63) is 12.7 Å². The van der Waals surface area contributed by atoms with Crippen LogP contribution >= 0.6 is 0 Å². The Morgan fingerprint density at radius 2 is 2.50 bits per heavy atom. The van der Waals surface area contributed by atoms with E-state index in [0.29, 0.717) is 13.1 Å². The molecule has 0 aromatic carbocycles. The van der Waals surface area contributed by atoms with Crippen LogP contribution in [0.3, 0.4) is 0 Å². The van der Waals surface area contributed by atoms with Crippen molar-refractivity contribution in [2.24, 2.45) is 0 Å². The molecule has 0 aromatic heterocycles. The molecule has 1 fully saturated rings. The minimum absolute atomic E-state index is 0.0163. The van der Waals surface area contributed by atoms with Gasteiger partial charge in [0.05, 0.1) is 6.04 Å². The summed E-state index contributed by atoms with van der Waals surface area (Å²) in [5.74, 6) is -0.0458. The molecule has 0 aromatic rings. The van der Waals surface area contributed by atoms with Crippen molar-refractivity contribution < 1.29 is 10.0 Å². The Hall–Kier alpha value is -0.870. The van der Waals surface area contributed by atoms with Crippen molar-refractivity contribution in [1.29, 1.82) is 0 Å². The molecule has 68 valence electrons. The molecule has 1 amide bonds. The van der Waals surface area contributed by atoms with Crippen molar-refractivity contribution in [3.63, 3.8) is 0 Å². The summed E-state index contributed by atoms with van der Waals surface area (Å²) < 4.78 is 0. The average molecular weight is 170 g/mol. The third-order valence-electron chi connectivity index (χ3n) is 1.99. The van der Waals surface area contributed by atoms with Gasteiger partial charge in [-0.3, -0.25) is 4.79 Å². The van der Waals surface area contributed by atoms with Crippen LogP contribution < -0.4 is 0 Å². The molecule has 4 nitrogen and oxygen atoms in total. The second kappa shape index (κ2) is 3.69. The van der Waals surface area contributed by atoms with E-state index in [4.69, 9.17) is 0 Å². The summed E-state index contributed by atoms with van der Waals surface area (Å²) in [4.78, 5) is 12.9. The summed E-state index contributed by atoms with van der Waals surface area (Å²) in [5.41, 5.74) is 0. The first-order valence-electron chi connectivity index (χ1n) is 3.99. The Bertz CT molecular complexity index is 193.